The molecule has 0 saturated heterocycles. The summed E-state index contributed by atoms with van der Waals surface area (Å²) >= 11 is 1.61. The number of H-pyrrole nitrogens is 1. The van der Waals surface area contributed by atoms with Gasteiger partial charge in [-0.05, 0) is 43.9 Å². The monoisotopic (exact) mass is 312 g/mol. The minimum absolute atomic E-state index is 0.0623. The summed E-state index contributed by atoms with van der Waals surface area (Å²) in [5, 5.41) is 10.2. The van der Waals surface area contributed by atoms with Gasteiger partial charge in [-0.25, -0.2) is 4.98 Å². The van der Waals surface area contributed by atoms with Crippen molar-refractivity contribution in [2.45, 2.75) is 32.2 Å². The molecule has 6 heteroatoms. The quantitative estimate of drug-likeness (QED) is 0.781. The van der Waals surface area contributed by atoms with Crippen molar-refractivity contribution >= 4 is 27.5 Å². The Balaban J connectivity index is 1.55. The minimum Gasteiger partial charge on any atom is -0.344 e. The zero-order chi connectivity index (χ0) is 15.1. The fraction of sp³-hybridized carbons (Fsp3) is 0.312. The molecule has 0 fully saturated rings. The minimum atomic E-state index is -0.101. The third kappa shape index (κ3) is 2.20. The van der Waals surface area contributed by atoms with Crippen LogP contribution >= 0.6 is 11.3 Å². The van der Waals surface area contributed by atoms with Gasteiger partial charge in [0.15, 0.2) is 5.69 Å². The van der Waals surface area contributed by atoms with Crippen LogP contribution in [0.2, 0.25) is 0 Å². The number of amides is 1. The fourth-order valence-corrected chi connectivity index (χ4v) is 3.72. The van der Waals surface area contributed by atoms with Crippen LogP contribution < -0.4 is 5.32 Å². The SMILES string of the molecule is CC(NC(=O)c1n[nH]c2c1CCC2)c1ccc2ncsc2c1. The Kier molecular flexibility index (Phi) is 3.18. The number of aryl methyl sites for hydroxylation is 1. The van der Waals surface area contributed by atoms with Crippen molar-refractivity contribution in [1.82, 2.24) is 20.5 Å². The van der Waals surface area contributed by atoms with E-state index in [1.807, 2.05) is 24.6 Å². The number of benzene rings is 1. The first kappa shape index (κ1) is 13.5. The van der Waals surface area contributed by atoms with Gasteiger partial charge >= 0.3 is 0 Å². The number of nitrogens with one attached hydrogen (secondary N) is 2. The number of thiazole rings is 1. The summed E-state index contributed by atoms with van der Waals surface area (Å²) in [5.41, 5.74) is 6.67. The van der Waals surface area contributed by atoms with E-state index in [1.165, 1.54) is 0 Å². The van der Waals surface area contributed by atoms with E-state index in [0.29, 0.717) is 5.69 Å². The average molecular weight is 312 g/mol. The molecule has 2 N–H and O–H groups in total. The van der Waals surface area contributed by atoms with Crippen molar-refractivity contribution in [2.75, 3.05) is 0 Å². The fourth-order valence-electron chi connectivity index (χ4n) is 3.00. The molecule has 1 aliphatic carbocycles. The van der Waals surface area contributed by atoms with Crippen LogP contribution in [0.3, 0.4) is 0 Å². The van der Waals surface area contributed by atoms with E-state index in [4.69, 9.17) is 0 Å². The van der Waals surface area contributed by atoms with E-state index < -0.39 is 0 Å². The van der Waals surface area contributed by atoms with Gasteiger partial charge in [0.25, 0.3) is 5.91 Å². The Morgan fingerprint density at radius 2 is 2.32 bits per heavy atom. The first-order valence-electron chi connectivity index (χ1n) is 7.42. The molecule has 1 aromatic carbocycles. The van der Waals surface area contributed by atoms with Gasteiger partial charge in [-0.1, -0.05) is 6.07 Å². The highest BCUT2D eigenvalue weighted by molar-refractivity contribution is 7.16. The number of carbonyl (C=O) groups is 1. The van der Waals surface area contributed by atoms with Crippen LogP contribution in [0.25, 0.3) is 10.2 Å². The number of nitrogens with zero attached hydrogens (tertiary/aromatic N) is 2. The van der Waals surface area contributed by atoms with E-state index >= 15 is 0 Å². The summed E-state index contributed by atoms with van der Waals surface area (Å²) in [4.78, 5) is 16.7. The number of rotatable bonds is 3. The topological polar surface area (TPSA) is 70.7 Å². The third-order valence-corrected chi connectivity index (χ3v) is 5.02. The number of hydrogen-bond acceptors (Lipinski definition) is 4. The summed E-state index contributed by atoms with van der Waals surface area (Å²) in [6, 6.07) is 6.04. The number of hydrogen-bond donors (Lipinski definition) is 2. The highest BCUT2D eigenvalue weighted by Crippen LogP contribution is 2.25. The van der Waals surface area contributed by atoms with Crippen molar-refractivity contribution in [1.29, 1.82) is 0 Å². The van der Waals surface area contributed by atoms with Crippen LogP contribution in [0.1, 0.15) is 46.7 Å². The van der Waals surface area contributed by atoms with Crippen LogP contribution in [0, 0.1) is 0 Å². The Morgan fingerprint density at radius 1 is 1.41 bits per heavy atom. The lowest BCUT2D eigenvalue weighted by molar-refractivity contribution is 0.0934. The van der Waals surface area contributed by atoms with Crippen LogP contribution in [-0.4, -0.2) is 21.1 Å². The molecule has 3 aromatic rings. The van der Waals surface area contributed by atoms with Crippen LogP contribution in [-0.2, 0) is 12.8 Å². The molecule has 0 saturated carbocycles. The van der Waals surface area contributed by atoms with E-state index in [9.17, 15) is 4.79 Å². The first-order chi connectivity index (χ1) is 10.7. The van der Waals surface area contributed by atoms with Crippen LogP contribution in [0.5, 0.6) is 0 Å². The molecular weight excluding hydrogens is 296 g/mol. The lowest BCUT2D eigenvalue weighted by Crippen LogP contribution is -2.27. The summed E-state index contributed by atoms with van der Waals surface area (Å²) in [6.45, 7) is 1.99. The van der Waals surface area contributed by atoms with Crippen molar-refractivity contribution < 1.29 is 4.79 Å². The summed E-state index contributed by atoms with van der Waals surface area (Å²) < 4.78 is 1.14. The van der Waals surface area contributed by atoms with Gasteiger partial charge in [-0.15, -0.1) is 11.3 Å². The Morgan fingerprint density at radius 3 is 3.23 bits per heavy atom. The van der Waals surface area contributed by atoms with Gasteiger partial charge in [-0.3, -0.25) is 9.89 Å². The lowest BCUT2D eigenvalue weighted by atomic mass is 10.1. The third-order valence-electron chi connectivity index (χ3n) is 4.22. The van der Waals surface area contributed by atoms with E-state index in [2.05, 4.69) is 26.6 Å². The number of aromatic amines is 1. The standard InChI is InChI=1S/C16H16N4OS/c1-9(10-5-6-13-14(7-10)22-8-17-13)18-16(21)15-11-3-2-4-12(11)19-20-15/h5-9H,2-4H2,1H3,(H,18,21)(H,19,20). The predicted octanol–water partition coefficient (Wildman–Crippen LogP) is 3.00. The molecular formula is C16H16N4OS. The number of aromatic nitrogens is 3. The van der Waals surface area contributed by atoms with Crippen molar-refractivity contribution in [3.05, 3.63) is 46.2 Å². The molecule has 0 radical (unpaired) electrons. The molecule has 22 heavy (non-hydrogen) atoms. The van der Waals surface area contributed by atoms with Gasteiger partial charge in [0.05, 0.1) is 21.8 Å². The van der Waals surface area contributed by atoms with E-state index in [0.717, 1.165) is 46.3 Å². The number of carbonyl (C=O) groups excluding carboxylic acids is 1. The number of fused-ring (bicyclic) bond motifs is 2. The predicted molar refractivity (Wildman–Crippen MR) is 86.1 cm³/mol. The van der Waals surface area contributed by atoms with Crippen LogP contribution in [0.15, 0.2) is 23.7 Å². The first-order valence-corrected chi connectivity index (χ1v) is 8.30. The molecule has 1 atom stereocenters. The zero-order valence-corrected chi connectivity index (χ0v) is 13.0. The largest absolute Gasteiger partial charge is 0.344 e. The molecule has 0 aliphatic heterocycles. The van der Waals surface area contributed by atoms with Gasteiger partial charge in [0.1, 0.15) is 0 Å². The molecule has 2 aromatic heterocycles. The van der Waals surface area contributed by atoms with Crippen LogP contribution in [0.4, 0.5) is 0 Å². The molecule has 5 nitrogen and oxygen atoms in total. The molecule has 0 bridgehead atoms. The summed E-state index contributed by atoms with van der Waals surface area (Å²) in [5.74, 6) is -0.101. The molecule has 1 aliphatic rings. The normalized spacial score (nSPS) is 15.0. The lowest BCUT2D eigenvalue weighted by Gasteiger charge is -2.14. The second kappa shape index (κ2) is 5.21. The molecule has 4 rings (SSSR count). The second-order valence-electron chi connectivity index (χ2n) is 5.66. The van der Waals surface area contributed by atoms with Gasteiger partial charge < -0.3 is 5.32 Å². The smallest absolute Gasteiger partial charge is 0.272 e. The molecule has 1 amide bonds. The Labute approximate surface area is 131 Å². The average Bonchev–Trinajstić information content (AvgIpc) is 3.22. The maximum atomic E-state index is 12.5. The van der Waals surface area contributed by atoms with Gasteiger partial charge in [-0.2, -0.15) is 5.10 Å². The van der Waals surface area contributed by atoms with Gasteiger partial charge in [0, 0.05) is 11.3 Å². The maximum absolute atomic E-state index is 12.5. The summed E-state index contributed by atoms with van der Waals surface area (Å²) in [6.07, 6.45) is 3.03. The molecule has 2 heterocycles. The zero-order valence-electron chi connectivity index (χ0n) is 12.2. The van der Waals surface area contributed by atoms with E-state index in [-0.39, 0.29) is 11.9 Å². The Bertz CT molecular complexity index is 851. The van der Waals surface area contributed by atoms with Crippen molar-refractivity contribution in [3.63, 3.8) is 0 Å². The molecule has 1 unspecified atom stereocenters. The highest BCUT2D eigenvalue weighted by Gasteiger charge is 2.24. The second-order valence-corrected chi connectivity index (χ2v) is 6.54. The Hall–Kier alpha value is -2.21. The summed E-state index contributed by atoms with van der Waals surface area (Å²) in [7, 11) is 0. The van der Waals surface area contributed by atoms with Crippen molar-refractivity contribution in [2.24, 2.45) is 0 Å². The molecule has 0 spiro atoms. The maximum Gasteiger partial charge on any atom is 0.272 e. The van der Waals surface area contributed by atoms with Crippen molar-refractivity contribution in [3.8, 4) is 0 Å². The van der Waals surface area contributed by atoms with Gasteiger partial charge in [0.2, 0.25) is 0 Å². The molecule has 112 valence electrons. The van der Waals surface area contributed by atoms with E-state index in [1.54, 1.807) is 11.3 Å². The highest BCUT2D eigenvalue weighted by atomic mass is 32.1.